The third-order valence-corrected chi connectivity index (χ3v) is 9.07. The lowest BCUT2D eigenvalue weighted by molar-refractivity contribution is -0.139. The Morgan fingerprint density at radius 3 is 2.58 bits per heavy atom. The number of carboxylic acids is 1. The summed E-state index contributed by atoms with van der Waals surface area (Å²) in [6, 6.07) is 5.46. The van der Waals surface area contributed by atoms with Crippen LogP contribution in [0.25, 0.3) is 10.9 Å². The Hall–Kier alpha value is -2.39. The molecule has 2 aliphatic rings. The lowest BCUT2D eigenvalue weighted by atomic mass is 9.68. The number of carbonyl (C=O) groups excluding carboxylic acids is 1. The fourth-order valence-corrected chi connectivity index (χ4v) is 6.93. The van der Waals surface area contributed by atoms with Crippen LogP contribution < -0.4 is 4.90 Å². The van der Waals surface area contributed by atoms with E-state index in [-0.39, 0.29) is 24.0 Å². The first-order valence-corrected chi connectivity index (χ1v) is 13.3. The van der Waals surface area contributed by atoms with Crippen LogP contribution in [-0.4, -0.2) is 55.4 Å². The third-order valence-electron chi connectivity index (χ3n) is 7.37. The zero-order valence-electron chi connectivity index (χ0n) is 19.2. The summed E-state index contributed by atoms with van der Waals surface area (Å²) in [5.41, 5.74) is 3.01. The van der Waals surface area contributed by atoms with Gasteiger partial charge in [-0.15, -0.1) is 0 Å². The van der Waals surface area contributed by atoms with Gasteiger partial charge in [-0.25, -0.2) is 12.4 Å². The molecule has 1 fully saturated rings. The van der Waals surface area contributed by atoms with E-state index in [1.807, 2.05) is 13.0 Å². The van der Waals surface area contributed by atoms with Crippen LogP contribution in [0.1, 0.15) is 44.4 Å². The zero-order valence-corrected chi connectivity index (χ0v) is 20.0. The average Bonchev–Trinajstić information content (AvgIpc) is 3.13. The van der Waals surface area contributed by atoms with Crippen molar-refractivity contribution in [3.8, 4) is 0 Å². The molecule has 2 aromatic rings. The zero-order chi connectivity index (χ0) is 23.8. The van der Waals surface area contributed by atoms with Crippen molar-refractivity contribution in [2.24, 2.45) is 17.8 Å². The number of ether oxygens (including phenoxy) is 1. The number of amides is 1. The van der Waals surface area contributed by atoms with Crippen LogP contribution in [0.15, 0.2) is 18.2 Å². The lowest BCUT2D eigenvalue weighted by Gasteiger charge is -2.39. The Morgan fingerprint density at radius 2 is 1.97 bits per heavy atom. The van der Waals surface area contributed by atoms with Crippen molar-refractivity contribution in [3.05, 3.63) is 29.5 Å². The minimum Gasteiger partial charge on any atom is -0.481 e. The summed E-state index contributed by atoms with van der Waals surface area (Å²) < 4.78 is 33.3. The molecule has 1 aliphatic heterocycles. The molecule has 4 rings (SSSR count). The number of hydrogen-bond acceptors (Lipinski definition) is 5. The number of nitrogens with zero attached hydrogens (tertiary/aromatic N) is 2. The van der Waals surface area contributed by atoms with Crippen LogP contribution >= 0.6 is 0 Å². The highest BCUT2D eigenvalue weighted by Gasteiger charge is 2.40. The van der Waals surface area contributed by atoms with Gasteiger partial charge >= 0.3 is 5.97 Å². The monoisotopic (exact) mass is 476 g/mol. The third kappa shape index (κ3) is 4.40. The number of aromatic nitrogens is 1. The van der Waals surface area contributed by atoms with Crippen LogP contribution in [0.5, 0.6) is 0 Å². The van der Waals surface area contributed by atoms with Gasteiger partial charge in [0.15, 0.2) is 0 Å². The van der Waals surface area contributed by atoms with Gasteiger partial charge in [-0.1, -0.05) is 0 Å². The molecule has 1 aromatic heterocycles. The molecule has 1 N–H and O–H groups in total. The van der Waals surface area contributed by atoms with E-state index in [0.717, 1.165) is 35.9 Å². The van der Waals surface area contributed by atoms with Crippen molar-refractivity contribution in [2.75, 3.05) is 30.4 Å². The van der Waals surface area contributed by atoms with Crippen molar-refractivity contribution < 1.29 is 27.9 Å². The van der Waals surface area contributed by atoms with E-state index in [1.54, 1.807) is 24.0 Å². The summed E-state index contributed by atoms with van der Waals surface area (Å²) in [6.07, 6.45) is 3.63. The molecule has 8 nitrogen and oxygen atoms in total. The summed E-state index contributed by atoms with van der Waals surface area (Å²) in [4.78, 5) is 24.8. The van der Waals surface area contributed by atoms with Gasteiger partial charge in [0.25, 0.3) is 0 Å². The molecule has 0 bridgehead atoms. The highest BCUT2D eigenvalue weighted by molar-refractivity contribution is 7.90. The molecular weight excluding hydrogens is 444 g/mol. The summed E-state index contributed by atoms with van der Waals surface area (Å²) in [5, 5.41) is 10.4. The fraction of sp³-hybridized carbons (Fsp3) is 0.583. The molecule has 1 aromatic carbocycles. The van der Waals surface area contributed by atoms with Gasteiger partial charge in [0, 0.05) is 42.9 Å². The van der Waals surface area contributed by atoms with Gasteiger partial charge in [0.05, 0.1) is 11.3 Å². The van der Waals surface area contributed by atoms with E-state index in [4.69, 9.17) is 4.74 Å². The largest absolute Gasteiger partial charge is 0.481 e. The maximum absolute atomic E-state index is 13.2. The normalized spacial score (nSPS) is 21.6. The molecule has 180 valence electrons. The molecule has 2 heterocycles. The molecule has 2 unspecified atom stereocenters. The first kappa shape index (κ1) is 23.8. The molecule has 0 radical (unpaired) electrons. The highest BCUT2D eigenvalue weighted by Crippen LogP contribution is 2.44. The van der Waals surface area contributed by atoms with Gasteiger partial charge < -0.3 is 14.7 Å². The first-order valence-electron chi connectivity index (χ1n) is 11.7. The van der Waals surface area contributed by atoms with Gasteiger partial charge in [-0.2, -0.15) is 0 Å². The minimum atomic E-state index is -3.60. The summed E-state index contributed by atoms with van der Waals surface area (Å²) in [5.74, 6) is -0.531. The van der Waals surface area contributed by atoms with E-state index < -0.39 is 16.0 Å². The number of benzene rings is 1. The van der Waals surface area contributed by atoms with Crippen molar-refractivity contribution in [1.29, 1.82) is 0 Å². The quantitative estimate of drug-likeness (QED) is 0.587. The average molecular weight is 477 g/mol. The summed E-state index contributed by atoms with van der Waals surface area (Å²) in [7, 11) is -3.60. The number of carboxylic acid groups (broad SMARTS) is 1. The van der Waals surface area contributed by atoms with Crippen LogP contribution in [0.2, 0.25) is 0 Å². The van der Waals surface area contributed by atoms with Crippen molar-refractivity contribution in [3.63, 3.8) is 0 Å². The van der Waals surface area contributed by atoms with Crippen LogP contribution in [0.3, 0.4) is 0 Å². The second-order valence-corrected chi connectivity index (χ2v) is 11.2. The Morgan fingerprint density at radius 1 is 1.24 bits per heavy atom. The number of carbonyl (C=O) groups is 2. The van der Waals surface area contributed by atoms with E-state index >= 15 is 0 Å². The Kier molecular flexibility index (Phi) is 6.81. The molecule has 0 saturated carbocycles. The molecule has 1 amide bonds. The Balaban J connectivity index is 1.91. The van der Waals surface area contributed by atoms with Crippen molar-refractivity contribution in [1.82, 2.24) is 3.97 Å². The van der Waals surface area contributed by atoms with Crippen LogP contribution in [0.4, 0.5) is 5.69 Å². The predicted octanol–water partition coefficient (Wildman–Crippen LogP) is 3.05. The first-order chi connectivity index (χ1) is 15.8. The maximum atomic E-state index is 13.2. The van der Waals surface area contributed by atoms with Crippen molar-refractivity contribution in [2.45, 2.75) is 46.0 Å². The molecule has 1 aliphatic carbocycles. The maximum Gasteiger partial charge on any atom is 0.303 e. The second-order valence-electron chi connectivity index (χ2n) is 9.06. The summed E-state index contributed by atoms with van der Waals surface area (Å²) in [6.45, 7) is 5.37. The highest BCUT2D eigenvalue weighted by atomic mass is 32.2. The van der Waals surface area contributed by atoms with Gasteiger partial charge in [-0.05, 0) is 81.0 Å². The number of fused-ring (bicyclic) bond motifs is 3. The molecule has 33 heavy (non-hydrogen) atoms. The van der Waals surface area contributed by atoms with Gasteiger partial charge in [0.2, 0.25) is 16.4 Å². The van der Waals surface area contributed by atoms with Crippen molar-refractivity contribution >= 4 is 39.0 Å². The second kappa shape index (κ2) is 9.46. The van der Waals surface area contributed by atoms with E-state index in [1.165, 1.54) is 3.97 Å². The minimum absolute atomic E-state index is 0.0230. The topological polar surface area (TPSA) is 106 Å². The van der Waals surface area contributed by atoms with E-state index in [0.29, 0.717) is 49.7 Å². The number of rotatable bonds is 8. The fourth-order valence-electron chi connectivity index (χ4n) is 5.69. The van der Waals surface area contributed by atoms with Crippen LogP contribution in [0, 0.1) is 17.8 Å². The van der Waals surface area contributed by atoms with Gasteiger partial charge in [0.1, 0.15) is 0 Å². The molecular formula is C24H32N2O6S. The standard InChI is InChI=1S/C24H32N2O6S/c1-3-25(15-27)18-5-6-22-20(13-18)21-14-19(16-7-9-32-10-8-16)17(12-24(28)29)11-23(21)26(22)33(30,31)4-2/h5-6,13,15-17,19H,3-4,7-12,14H2,1-2H3,(H,28,29). The number of aliphatic carboxylic acids is 1. The SMILES string of the molecule is CCN(C=O)c1ccc2c(c1)c1c(n2S(=O)(=O)CC)CC(CC(=O)O)C(C2CCOCC2)C1. The van der Waals surface area contributed by atoms with E-state index in [2.05, 4.69) is 0 Å². The predicted molar refractivity (Wildman–Crippen MR) is 126 cm³/mol. The molecule has 9 heteroatoms. The smallest absolute Gasteiger partial charge is 0.303 e. The van der Waals surface area contributed by atoms with Crippen LogP contribution in [-0.2, 0) is 37.2 Å². The Labute approximate surface area is 194 Å². The number of hydrogen-bond donors (Lipinski definition) is 1. The molecule has 2 atom stereocenters. The van der Waals surface area contributed by atoms with Gasteiger partial charge in [-0.3, -0.25) is 9.59 Å². The lowest BCUT2D eigenvalue weighted by Crippen LogP contribution is -2.36. The summed E-state index contributed by atoms with van der Waals surface area (Å²) >= 11 is 0. The number of anilines is 1. The molecule has 1 saturated heterocycles. The van der Waals surface area contributed by atoms with E-state index in [9.17, 15) is 23.1 Å². The molecule has 0 spiro atoms. The Bertz CT molecular complexity index is 1150.